The molecule has 1 aromatic heterocycles. The van der Waals surface area contributed by atoms with Gasteiger partial charge in [0.25, 0.3) is 15.9 Å². The van der Waals surface area contributed by atoms with E-state index in [1.165, 1.54) is 33.3 Å². The maximum Gasteiger partial charge on any atom is 0.264 e. The molecule has 5 rings (SSSR count). The lowest BCUT2D eigenvalue weighted by molar-refractivity contribution is 0.0986. The van der Waals surface area contributed by atoms with Gasteiger partial charge in [0.15, 0.2) is 5.13 Å². The van der Waals surface area contributed by atoms with Crippen LogP contribution in [0.4, 0.5) is 10.8 Å². The first-order valence-corrected chi connectivity index (χ1v) is 15.1. The predicted octanol–water partition coefficient (Wildman–Crippen LogP) is 5.63. The topological polar surface area (TPSA) is 73.8 Å². The van der Waals surface area contributed by atoms with E-state index in [9.17, 15) is 13.2 Å². The Kier molecular flexibility index (Phi) is 8.96. The highest BCUT2D eigenvalue weighted by atomic mass is 35.5. The highest BCUT2D eigenvalue weighted by Crippen LogP contribution is 2.34. The molecule has 0 spiro atoms. The molecule has 10 heteroatoms. The number of sulfonamides is 1. The number of carbonyl (C=O) groups excluding carboxylic acids is 1. The number of halogens is 1. The van der Waals surface area contributed by atoms with Gasteiger partial charge >= 0.3 is 0 Å². The number of nitrogens with zero attached hydrogens (tertiary/aromatic N) is 4. The lowest BCUT2D eigenvalue weighted by atomic mass is 10.2. The molecule has 0 N–H and O–H groups in total. The monoisotopic (exact) mass is 584 g/mol. The molecule has 0 radical (unpaired) electrons. The zero-order chi connectivity index (χ0) is 26.9. The summed E-state index contributed by atoms with van der Waals surface area (Å²) >= 11 is 1.51. The second kappa shape index (κ2) is 12.0. The summed E-state index contributed by atoms with van der Waals surface area (Å²) in [5.74, 6) is -0.186. The van der Waals surface area contributed by atoms with Crippen molar-refractivity contribution in [2.45, 2.75) is 31.1 Å². The first kappa shape index (κ1) is 29.0. The van der Waals surface area contributed by atoms with Crippen molar-refractivity contribution in [1.82, 2.24) is 9.88 Å². The Morgan fingerprint density at radius 2 is 1.77 bits per heavy atom. The van der Waals surface area contributed by atoms with Crippen molar-refractivity contribution >= 4 is 60.7 Å². The smallest absolute Gasteiger partial charge is 0.264 e. The van der Waals surface area contributed by atoms with Crippen LogP contribution in [0.15, 0.2) is 71.6 Å². The summed E-state index contributed by atoms with van der Waals surface area (Å²) in [7, 11) is 0.294. The van der Waals surface area contributed by atoms with E-state index in [4.69, 9.17) is 4.98 Å². The second-order valence-electron chi connectivity index (χ2n) is 9.75. The number of hydrogen-bond acceptors (Lipinski definition) is 6. The highest BCUT2D eigenvalue weighted by Gasteiger charge is 2.31. The molecule has 7 nitrogen and oxygen atoms in total. The van der Waals surface area contributed by atoms with E-state index in [1.54, 1.807) is 17.0 Å². The Morgan fingerprint density at radius 1 is 1.03 bits per heavy atom. The Labute approximate surface area is 240 Å². The van der Waals surface area contributed by atoms with Gasteiger partial charge in [-0.25, -0.2) is 13.4 Å². The average Bonchev–Trinajstić information content (AvgIpc) is 3.55. The number of amides is 1. The van der Waals surface area contributed by atoms with Crippen LogP contribution in [0, 0.1) is 0 Å². The van der Waals surface area contributed by atoms with Crippen LogP contribution >= 0.6 is 23.7 Å². The fraction of sp³-hybridized carbons (Fsp3) is 0.310. The lowest BCUT2D eigenvalue weighted by Gasteiger charge is -2.22. The van der Waals surface area contributed by atoms with Crippen LogP contribution in [0.3, 0.4) is 0 Å². The molecule has 0 fully saturated rings. The van der Waals surface area contributed by atoms with Gasteiger partial charge in [-0.3, -0.25) is 14.0 Å². The number of fused-ring (bicyclic) bond motifs is 2. The number of benzene rings is 3. The first-order valence-electron chi connectivity index (χ1n) is 12.8. The number of thiazole rings is 1. The van der Waals surface area contributed by atoms with E-state index in [1.807, 2.05) is 44.4 Å². The lowest BCUT2D eigenvalue weighted by Crippen LogP contribution is -2.33. The molecule has 1 aliphatic heterocycles. The van der Waals surface area contributed by atoms with Crippen LogP contribution < -0.4 is 9.21 Å². The molecule has 1 aliphatic rings. The van der Waals surface area contributed by atoms with Crippen molar-refractivity contribution in [2.24, 2.45) is 0 Å². The zero-order valence-corrected chi connectivity index (χ0v) is 24.8. The molecule has 0 saturated carbocycles. The van der Waals surface area contributed by atoms with Crippen LogP contribution in [0.25, 0.3) is 10.2 Å². The van der Waals surface area contributed by atoms with Gasteiger partial charge in [-0.1, -0.05) is 42.5 Å². The summed E-state index contributed by atoms with van der Waals surface area (Å²) in [5.41, 5.74) is 4.29. The van der Waals surface area contributed by atoms with Gasteiger partial charge in [0.2, 0.25) is 0 Å². The summed E-state index contributed by atoms with van der Waals surface area (Å²) in [6.07, 6.45) is 2.42. The minimum atomic E-state index is -3.72. The van der Waals surface area contributed by atoms with E-state index < -0.39 is 10.0 Å². The fourth-order valence-electron chi connectivity index (χ4n) is 4.73. The number of hydrogen-bond donors (Lipinski definition) is 0. The van der Waals surface area contributed by atoms with Gasteiger partial charge in [-0.2, -0.15) is 0 Å². The van der Waals surface area contributed by atoms with Crippen molar-refractivity contribution in [3.8, 4) is 0 Å². The first-order chi connectivity index (χ1) is 18.3. The highest BCUT2D eigenvalue weighted by molar-refractivity contribution is 7.92. The summed E-state index contributed by atoms with van der Waals surface area (Å²) < 4.78 is 29.3. The molecular weight excluding hydrogens is 552 g/mol. The molecule has 3 aromatic carbocycles. The minimum Gasteiger partial charge on any atom is -0.309 e. The van der Waals surface area contributed by atoms with Crippen LogP contribution in [0.5, 0.6) is 0 Å². The molecule has 206 valence electrons. The quantitative estimate of drug-likeness (QED) is 0.255. The van der Waals surface area contributed by atoms with Crippen LogP contribution in [-0.2, 0) is 22.9 Å². The average molecular weight is 585 g/mol. The third-order valence-electron chi connectivity index (χ3n) is 6.85. The normalized spacial score (nSPS) is 13.0. The molecule has 0 saturated heterocycles. The number of rotatable bonds is 9. The number of aryl methyl sites for hydroxylation is 1. The van der Waals surface area contributed by atoms with Gasteiger partial charge < -0.3 is 4.90 Å². The van der Waals surface area contributed by atoms with Crippen molar-refractivity contribution in [1.29, 1.82) is 0 Å². The third-order valence-corrected chi connectivity index (χ3v) is 9.72. The van der Waals surface area contributed by atoms with E-state index in [0.717, 1.165) is 40.9 Å². The number of aromatic nitrogens is 1. The molecule has 0 atom stereocenters. The van der Waals surface area contributed by atoms with E-state index in [-0.39, 0.29) is 23.2 Å². The molecular formula is C29H33ClN4O3S2. The molecule has 0 aliphatic carbocycles. The standard InChI is InChI=1S/C29H32N4O3S2.ClH/c1-4-21-10-15-25-27(20-21)37-29(30-25)32(18-7-17-31(2)3)28(34)23-11-13-24(14-12-23)38(35,36)33-19-16-22-8-5-6-9-26(22)33;/h5-6,8-15,20H,4,7,16-19H2,1-3H3;1H. The van der Waals surface area contributed by atoms with Gasteiger partial charge in [0.1, 0.15) is 0 Å². The molecule has 0 unspecified atom stereocenters. The second-order valence-corrected chi connectivity index (χ2v) is 12.6. The van der Waals surface area contributed by atoms with Gasteiger partial charge in [0, 0.05) is 18.7 Å². The van der Waals surface area contributed by atoms with Crippen LogP contribution in [0.1, 0.15) is 34.8 Å². The van der Waals surface area contributed by atoms with Crippen molar-refractivity contribution in [3.63, 3.8) is 0 Å². The Balaban J connectivity index is 0.00000353. The van der Waals surface area contributed by atoms with Gasteiger partial charge in [-0.05, 0) is 93.5 Å². The van der Waals surface area contributed by atoms with E-state index in [0.29, 0.717) is 30.2 Å². The van der Waals surface area contributed by atoms with Crippen molar-refractivity contribution in [2.75, 3.05) is 42.9 Å². The molecule has 0 bridgehead atoms. The van der Waals surface area contributed by atoms with Crippen LogP contribution in [-0.4, -0.2) is 57.9 Å². The Bertz CT molecular complexity index is 1570. The Hall–Kier alpha value is -2.98. The predicted molar refractivity (Wildman–Crippen MR) is 162 cm³/mol. The Morgan fingerprint density at radius 3 is 2.49 bits per heavy atom. The van der Waals surface area contributed by atoms with E-state index >= 15 is 0 Å². The maximum absolute atomic E-state index is 13.7. The fourth-order valence-corrected chi connectivity index (χ4v) is 7.29. The molecule has 39 heavy (non-hydrogen) atoms. The maximum atomic E-state index is 13.7. The molecule has 4 aromatic rings. The van der Waals surface area contributed by atoms with E-state index in [2.05, 4.69) is 24.0 Å². The van der Waals surface area contributed by atoms with Crippen molar-refractivity contribution < 1.29 is 13.2 Å². The zero-order valence-electron chi connectivity index (χ0n) is 22.3. The summed E-state index contributed by atoms with van der Waals surface area (Å²) in [4.78, 5) is 22.5. The SMILES string of the molecule is CCc1ccc2nc(N(CCCN(C)C)C(=O)c3ccc(S(=O)(=O)N4CCc5ccccc54)cc3)sc2c1.Cl. The molecule has 1 amide bonds. The van der Waals surface area contributed by atoms with Gasteiger partial charge in [-0.15, -0.1) is 12.4 Å². The number of carbonyl (C=O) groups is 1. The summed E-state index contributed by atoms with van der Waals surface area (Å²) in [5, 5.41) is 0.655. The summed E-state index contributed by atoms with van der Waals surface area (Å²) in [6, 6.07) is 20.1. The number of anilines is 2. The molecule has 2 heterocycles. The van der Waals surface area contributed by atoms with Crippen LogP contribution in [0.2, 0.25) is 0 Å². The van der Waals surface area contributed by atoms with Crippen molar-refractivity contribution in [3.05, 3.63) is 83.4 Å². The summed E-state index contributed by atoms with van der Waals surface area (Å²) in [6.45, 7) is 3.89. The van der Waals surface area contributed by atoms with Gasteiger partial charge in [0.05, 0.1) is 20.8 Å². The largest absolute Gasteiger partial charge is 0.309 e. The third kappa shape index (κ3) is 5.96. The number of para-hydroxylation sites is 1. The minimum absolute atomic E-state index is 0.